The molecule has 0 radical (unpaired) electrons. The molecule has 0 atom stereocenters. The molecule has 1 heterocycles. The van der Waals surface area contributed by atoms with E-state index in [1.54, 1.807) is 18.6 Å². The fraction of sp³-hybridized carbons (Fsp3) is 0.250. The van der Waals surface area contributed by atoms with Crippen LogP contribution in [0.2, 0.25) is 0 Å². The fourth-order valence-electron chi connectivity index (χ4n) is 0.684. The minimum Gasteiger partial charge on any atom is -0.394 e. The highest BCUT2D eigenvalue weighted by molar-refractivity contribution is 5.78. The van der Waals surface area contributed by atoms with Crippen molar-refractivity contribution >= 4 is 6.21 Å². The van der Waals surface area contributed by atoms with Crippen LogP contribution >= 0.6 is 0 Å². The Hall–Kier alpha value is -1.42. The van der Waals surface area contributed by atoms with Gasteiger partial charge in [0.15, 0.2) is 0 Å². The lowest BCUT2D eigenvalue weighted by molar-refractivity contribution is 0.294. The molecule has 0 spiro atoms. The lowest BCUT2D eigenvalue weighted by Gasteiger charge is -1.94. The first-order chi connectivity index (χ1) is 5.93. The molecule has 0 saturated heterocycles. The van der Waals surface area contributed by atoms with Gasteiger partial charge in [-0.3, -0.25) is 4.98 Å². The lowest BCUT2D eigenvalue weighted by atomic mass is 10.3. The van der Waals surface area contributed by atoms with Gasteiger partial charge in [-0.2, -0.15) is 5.10 Å². The van der Waals surface area contributed by atoms with Gasteiger partial charge < -0.3 is 10.5 Å². The van der Waals surface area contributed by atoms with E-state index in [2.05, 4.69) is 15.5 Å². The van der Waals surface area contributed by atoms with Crippen LogP contribution in [-0.4, -0.2) is 29.5 Å². The Kier molecular flexibility index (Phi) is 3.80. The van der Waals surface area contributed by atoms with E-state index in [9.17, 15) is 0 Å². The summed E-state index contributed by atoms with van der Waals surface area (Å²) in [5.41, 5.74) is 3.66. The predicted octanol–water partition coefficient (Wildman–Crippen LogP) is -0.00260. The second-order valence-electron chi connectivity index (χ2n) is 2.17. The Morgan fingerprint density at radius 3 is 2.92 bits per heavy atom. The van der Waals surface area contributed by atoms with E-state index < -0.39 is 0 Å². The Bertz CT molecular complexity index is 235. The first kappa shape index (κ1) is 8.67. The topological polar surface area (TPSA) is 57.5 Å². The van der Waals surface area contributed by atoms with Crippen molar-refractivity contribution in [2.75, 3.05) is 13.2 Å². The van der Waals surface area contributed by atoms with Crippen molar-refractivity contribution in [3.63, 3.8) is 0 Å². The van der Waals surface area contributed by atoms with Crippen LogP contribution in [0.15, 0.2) is 29.6 Å². The smallest absolute Gasteiger partial charge is 0.0620 e. The van der Waals surface area contributed by atoms with Crippen molar-refractivity contribution in [2.24, 2.45) is 5.10 Å². The van der Waals surface area contributed by atoms with Crippen molar-refractivity contribution in [1.82, 2.24) is 10.4 Å². The molecule has 0 aliphatic rings. The number of nitrogens with one attached hydrogen (secondary N) is 1. The number of hydrogen-bond donors (Lipinski definition) is 2. The molecular weight excluding hydrogens is 154 g/mol. The monoisotopic (exact) mass is 165 g/mol. The normalized spacial score (nSPS) is 10.4. The largest absolute Gasteiger partial charge is 0.394 e. The lowest BCUT2D eigenvalue weighted by Crippen LogP contribution is -2.11. The van der Waals surface area contributed by atoms with Crippen molar-refractivity contribution in [2.45, 2.75) is 0 Å². The van der Waals surface area contributed by atoms with E-state index in [-0.39, 0.29) is 6.61 Å². The summed E-state index contributed by atoms with van der Waals surface area (Å²) in [5, 5.41) is 12.3. The molecule has 1 rings (SSSR count). The van der Waals surface area contributed by atoms with Gasteiger partial charge in [-0.1, -0.05) is 0 Å². The second kappa shape index (κ2) is 5.26. The summed E-state index contributed by atoms with van der Waals surface area (Å²) in [4.78, 5) is 3.87. The zero-order chi connectivity index (χ0) is 8.65. The summed E-state index contributed by atoms with van der Waals surface area (Å²) in [6.07, 6.45) is 5.08. The molecule has 1 aromatic rings. The van der Waals surface area contributed by atoms with Gasteiger partial charge in [0.1, 0.15) is 0 Å². The molecule has 0 aliphatic carbocycles. The highest BCUT2D eigenvalue weighted by atomic mass is 16.3. The molecule has 0 aliphatic heterocycles. The van der Waals surface area contributed by atoms with Crippen molar-refractivity contribution in [1.29, 1.82) is 0 Å². The third-order valence-corrected chi connectivity index (χ3v) is 1.23. The summed E-state index contributed by atoms with van der Waals surface area (Å²) >= 11 is 0. The zero-order valence-corrected chi connectivity index (χ0v) is 6.64. The van der Waals surface area contributed by atoms with Crippen LogP contribution in [0.5, 0.6) is 0 Å². The van der Waals surface area contributed by atoms with Gasteiger partial charge in [-0.05, 0) is 17.7 Å². The Morgan fingerprint density at radius 2 is 2.25 bits per heavy atom. The van der Waals surface area contributed by atoms with E-state index in [0.29, 0.717) is 6.54 Å². The van der Waals surface area contributed by atoms with Crippen LogP contribution < -0.4 is 5.43 Å². The molecule has 12 heavy (non-hydrogen) atoms. The maximum absolute atomic E-state index is 8.42. The summed E-state index contributed by atoms with van der Waals surface area (Å²) in [6.45, 7) is 0.565. The van der Waals surface area contributed by atoms with E-state index in [0.717, 1.165) is 5.56 Å². The van der Waals surface area contributed by atoms with E-state index in [1.807, 2.05) is 12.1 Å². The quantitative estimate of drug-likeness (QED) is 0.375. The standard InChI is InChI=1S/C8H11N3O/c12-6-5-10-11-7-8-1-3-9-4-2-8/h1-4,7,10,12H,5-6H2. The molecule has 4 nitrogen and oxygen atoms in total. The number of nitrogens with zero attached hydrogens (tertiary/aromatic N) is 2. The molecule has 64 valence electrons. The van der Waals surface area contributed by atoms with Gasteiger partial charge in [-0.15, -0.1) is 0 Å². The summed E-state index contributed by atoms with van der Waals surface area (Å²) in [5.74, 6) is 0. The van der Waals surface area contributed by atoms with Crippen LogP contribution in [0.25, 0.3) is 0 Å². The molecule has 0 bridgehead atoms. The second-order valence-corrected chi connectivity index (χ2v) is 2.17. The van der Waals surface area contributed by atoms with Crippen LogP contribution in [-0.2, 0) is 0 Å². The van der Waals surface area contributed by atoms with Crippen LogP contribution in [0.1, 0.15) is 5.56 Å². The van der Waals surface area contributed by atoms with Gasteiger partial charge in [0.2, 0.25) is 0 Å². The average molecular weight is 165 g/mol. The number of aliphatic hydroxyl groups excluding tert-OH is 1. The van der Waals surface area contributed by atoms with Gasteiger partial charge >= 0.3 is 0 Å². The van der Waals surface area contributed by atoms with E-state index in [1.165, 1.54) is 0 Å². The molecule has 0 fully saturated rings. The van der Waals surface area contributed by atoms with Gasteiger partial charge in [0.05, 0.1) is 19.4 Å². The van der Waals surface area contributed by atoms with Gasteiger partial charge in [-0.25, -0.2) is 0 Å². The van der Waals surface area contributed by atoms with Gasteiger partial charge in [0, 0.05) is 12.4 Å². The molecule has 2 N–H and O–H groups in total. The molecule has 0 amide bonds. The molecule has 0 aromatic carbocycles. The maximum atomic E-state index is 8.42. The minimum absolute atomic E-state index is 0.0910. The first-order valence-electron chi connectivity index (χ1n) is 3.70. The minimum atomic E-state index is 0.0910. The number of hydrazone groups is 1. The first-order valence-corrected chi connectivity index (χ1v) is 3.70. The maximum Gasteiger partial charge on any atom is 0.0620 e. The summed E-state index contributed by atoms with van der Waals surface area (Å²) in [7, 11) is 0. The van der Waals surface area contributed by atoms with Crippen molar-refractivity contribution in [3.8, 4) is 0 Å². The fourth-order valence-corrected chi connectivity index (χ4v) is 0.684. The number of pyridine rings is 1. The Morgan fingerprint density at radius 1 is 1.50 bits per heavy atom. The third-order valence-electron chi connectivity index (χ3n) is 1.23. The highest BCUT2D eigenvalue weighted by Crippen LogP contribution is 1.89. The average Bonchev–Trinajstić information content (AvgIpc) is 2.14. The van der Waals surface area contributed by atoms with Crippen LogP contribution in [0.4, 0.5) is 0 Å². The molecule has 0 saturated carbocycles. The van der Waals surface area contributed by atoms with E-state index in [4.69, 9.17) is 5.11 Å². The van der Waals surface area contributed by atoms with Crippen molar-refractivity contribution < 1.29 is 5.11 Å². The molecule has 4 heteroatoms. The Balaban J connectivity index is 2.36. The molecule has 0 unspecified atom stereocenters. The number of hydrogen-bond acceptors (Lipinski definition) is 4. The molecule has 1 aromatic heterocycles. The van der Waals surface area contributed by atoms with Crippen molar-refractivity contribution in [3.05, 3.63) is 30.1 Å². The zero-order valence-electron chi connectivity index (χ0n) is 6.64. The van der Waals surface area contributed by atoms with Crippen LogP contribution in [0.3, 0.4) is 0 Å². The van der Waals surface area contributed by atoms with Crippen LogP contribution in [0, 0.1) is 0 Å². The SMILES string of the molecule is OCCNN=Cc1ccncc1. The Labute approximate surface area is 71.0 Å². The van der Waals surface area contributed by atoms with E-state index >= 15 is 0 Å². The summed E-state index contributed by atoms with van der Waals surface area (Å²) in [6, 6.07) is 3.70. The molecular formula is C8H11N3O. The van der Waals surface area contributed by atoms with Gasteiger partial charge in [0.25, 0.3) is 0 Å². The third kappa shape index (κ3) is 3.12. The highest BCUT2D eigenvalue weighted by Gasteiger charge is 1.82. The number of rotatable bonds is 4. The number of aliphatic hydroxyl groups is 1. The number of aromatic nitrogens is 1. The predicted molar refractivity (Wildman–Crippen MR) is 46.9 cm³/mol. The summed E-state index contributed by atoms with van der Waals surface area (Å²) < 4.78 is 0.